The quantitative estimate of drug-likeness (QED) is 0.498. The molecule has 0 amide bonds. The average Bonchev–Trinajstić information content (AvgIpc) is 2.47. The van der Waals surface area contributed by atoms with Crippen molar-refractivity contribution >= 4 is 40.3 Å². The number of anilines is 2. The van der Waals surface area contributed by atoms with Crippen molar-refractivity contribution in [1.82, 2.24) is 0 Å². The normalized spacial score (nSPS) is 11.5. The highest BCUT2D eigenvalue weighted by Crippen LogP contribution is 2.22. The molecule has 0 fully saturated rings. The number of hydrazone groups is 1. The first-order chi connectivity index (χ1) is 10.0. The van der Waals surface area contributed by atoms with Crippen molar-refractivity contribution in [3.05, 3.63) is 58.1 Å². The maximum atomic E-state index is 6.03. The fraction of sp³-hybridized carbons (Fsp3) is 0.188. The molecule has 0 spiro atoms. The maximum Gasteiger partial charge on any atom is 0.0672 e. The summed E-state index contributed by atoms with van der Waals surface area (Å²) in [5, 5.41) is 7.83. The molecule has 0 aliphatic carbocycles. The molecule has 0 saturated carbocycles. The van der Waals surface area contributed by atoms with Crippen LogP contribution in [-0.2, 0) is 0 Å². The first-order valence-electron chi connectivity index (χ1n) is 6.65. The molecular weight excluding hydrogens is 305 g/mol. The molecule has 0 unspecified atom stereocenters. The highest BCUT2D eigenvalue weighted by Gasteiger charge is 2.08. The highest BCUT2D eigenvalue weighted by atomic mass is 35.5. The first-order valence-corrected chi connectivity index (χ1v) is 7.40. The zero-order valence-corrected chi connectivity index (χ0v) is 13.5. The highest BCUT2D eigenvalue weighted by molar-refractivity contribution is 6.31. The van der Waals surface area contributed by atoms with E-state index in [1.54, 1.807) is 12.1 Å². The van der Waals surface area contributed by atoms with Gasteiger partial charge in [0.1, 0.15) is 0 Å². The van der Waals surface area contributed by atoms with Crippen LogP contribution >= 0.6 is 23.2 Å². The second-order valence-corrected chi connectivity index (χ2v) is 5.49. The van der Waals surface area contributed by atoms with Gasteiger partial charge in [0.2, 0.25) is 0 Å². The number of hydrogen-bond acceptors (Lipinski definition) is 3. The molecular formula is C16H17Cl2N3. The van der Waals surface area contributed by atoms with Crippen molar-refractivity contribution < 1.29 is 0 Å². The van der Waals surface area contributed by atoms with Gasteiger partial charge in [0.25, 0.3) is 0 Å². The van der Waals surface area contributed by atoms with Gasteiger partial charge in [-0.05, 0) is 50.2 Å². The monoisotopic (exact) mass is 321 g/mol. The van der Waals surface area contributed by atoms with Gasteiger partial charge < -0.3 is 5.73 Å². The first kappa shape index (κ1) is 15.7. The van der Waals surface area contributed by atoms with E-state index < -0.39 is 0 Å². The topological polar surface area (TPSA) is 41.6 Å². The number of halogens is 2. The summed E-state index contributed by atoms with van der Waals surface area (Å²) in [6.45, 7) is 4.66. The lowest BCUT2D eigenvalue weighted by atomic mass is 10.1. The van der Waals surface area contributed by atoms with Crippen LogP contribution < -0.4 is 10.7 Å². The molecule has 2 rings (SSSR count). The van der Waals surface area contributed by atoms with E-state index in [-0.39, 0.29) is 0 Å². The number of benzene rings is 2. The number of nitrogen functional groups attached to an aromatic ring is 1. The van der Waals surface area contributed by atoms with Crippen molar-refractivity contribution in [3.8, 4) is 0 Å². The van der Waals surface area contributed by atoms with E-state index in [2.05, 4.69) is 5.10 Å². The van der Waals surface area contributed by atoms with Crippen LogP contribution in [-0.4, -0.2) is 12.3 Å². The summed E-state index contributed by atoms with van der Waals surface area (Å²) in [5.41, 5.74) is 9.22. The standard InChI is InChI=1S/C16H17Cl2N3/c1-3-21(14-6-4-5-12(17)9-14)20-11(2)15-10-13(18)7-8-16(15)19/h4-10H,3,19H2,1-2H3/b20-11+. The number of nitrogens with two attached hydrogens (primary N) is 1. The van der Waals surface area contributed by atoms with Crippen LogP contribution in [0.2, 0.25) is 10.0 Å². The average molecular weight is 322 g/mol. The SMILES string of the molecule is CCN(/N=C(\C)c1cc(Cl)ccc1N)c1cccc(Cl)c1. The van der Waals surface area contributed by atoms with Crippen molar-refractivity contribution in [3.63, 3.8) is 0 Å². The van der Waals surface area contributed by atoms with Crippen LogP contribution in [0.25, 0.3) is 0 Å². The van der Waals surface area contributed by atoms with Gasteiger partial charge in [-0.3, -0.25) is 5.01 Å². The van der Waals surface area contributed by atoms with Crippen molar-refractivity contribution in [2.24, 2.45) is 5.10 Å². The Kier molecular flexibility index (Phi) is 5.10. The minimum atomic E-state index is 0.638. The Bertz CT molecular complexity index is 668. The number of rotatable bonds is 4. The van der Waals surface area contributed by atoms with Gasteiger partial charge in [-0.25, -0.2) is 0 Å². The van der Waals surface area contributed by atoms with E-state index in [1.807, 2.05) is 49.2 Å². The van der Waals surface area contributed by atoms with E-state index in [0.29, 0.717) is 15.7 Å². The number of nitrogens with zero attached hydrogens (tertiary/aromatic N) is 2. The van der Waals surface area contributed by atoms with Gasteiger partial charge in [0, 0.05) is 27.8 Å². The molecule has 0 heterocycles. The van der Waals surface area contributed by atoms with Crippen molar-refractivity contribution in [1.29, 1.82) is 0 Å². The second kappa shape index (κ2) is 6.83. The fourth-order valence-corrected chi connectivity index (χ4v) is 2.38. The van der Waals surface area contributed by atoms with Gasteiger partial charge in [-0.15, -0.1) is 0 Å². The van der Waals surface area contributed by atoms with E-state index in [1.165, 1.54) is 0 Å². The third-order valence-electron chi connectivity index (χ3n) is 3.08. The van der Waals surface area contributed by atoms with E-state index >= 15 is 0 Å². The molecule has 5 heteroatoms. The van der Waals surface area contributed by atoms with E-state index in [4.69, 9.17) is 28.9 Å². The summed E-state index contributed by atoms with van der Waals surface area (Å²) in [6.07, 6.45) is 0. The lowest BCUT2D eigenvalue weighted by molar-refractivity contribution is 0.892. The summed E-state index contributed by atoms with van der Waals surface area (Å²) >= 11 is 12.1. The zero-order chi connectivity index (χ0) is 15.4. The Labute approximate surface area is 135 Å². The van der Waals surface area contributed by atoms with Crippen LogP contribution in [0.15, 0.2) is 47.6 Å². The largest absolute Gasteiger partial charge is 0.398 e. The predicted molar refractivity (Wildman–Crippen MR) is 92.5 cm³/mol. The van der Waals surface area contributed by atoms with E-state index in [0.717, 1.165) is 23.5 Å². The van der Waals surface area contributed by atoms with E-state index in [9.17, 15) is 0 Å². The molecule has 2 aromatic carbocycles. The van der Waals surface area contributed by atoms with Gasteiger partial charge in [0.05, 0.1) is 11.4 Å². The zero-order valence-electron chi connectivity index (χ0n) is 12.0. The molecule has 0 aliphatic rings. The molecule has 0 atom stereocenters. The van der Waals surface area contributed by atoms with Crippen LogP contribution in [0, 0.1) is 0 Å². The van der Waals surface area contributed by atoms with Gasteiger partial charge in [-0.2, -0.15) is 5.10 Å². The Hall–Kier alpha value is -1.71. The number of hydrogen-bond donors (Lipinski definition) is 1. The molecule has 0 bridgehead atoms. The van der Waals surface area contributed by atoms with Crippen LogP contribution in [0.3, 0.4) is 0 Å². The van der Waals surface area contributed by atoms with Crippen LogP contribution in [0.5, 0.6) is 0 Å². The molecule has 2 N–H and O–H groups in total. The van der Waals surface area contributed by atoms with Crippen LogP contribution in [0.1, 0.15) is 19.4 Å². The molecule has 110 valence electrons. The maximum absolute atomic E-state index is 6.03. The molecule has 0 aromatic heterocycles. The summed E-state index contributed by atoms with van der Waals surface area (Å²) in [6, 6.07) is 13.0. The molecule has 0 aliphatic heterocycles. The Morgan fingerprint density at radius 3 is 2.52 bits per heavy atom. The smallest absolute Gasteiger partial charge is 0.0672 e. The molecule has 0 radical (unpaired) electrons. The van der Waals surface area contributed by atoms with Gasteiger partial charge in [0.15, 0.2) is 0 Å². The lowest BCUT2D eigenvalue weighted by Gasteiger charge is -2.19. The molecule has 21 heavy (non-hydrogen) atoms. The Morgan fingerprint density at radius 2 is 1.86 bits per heavy atom. The molecule has 2 aromatic rings. The minimum absolute atomic E-state index is 0.638. The third kappa shape index (κ3) is 3.90. The summed E-state index contributed by atoms with van der Waals surface area (Å²) < 4.78 is 0. The third-order valence-corrected chi connectivity index (χ3v) is 3.55. The van der Waals surface area contributed by atoms with Crippen molar-refractivity contribution in [2.45, 2.75) is 13.8 Å². The summed E-state index contributed by atoms with van der Waals surface area (Å²) in [5.74, 6) is 0. The fourth-order valence-electron chi connectivity index (χ4n) is 2.02. The second-order valence-electron chi connectivity index (χ2n) is 4.61. The lowest BCUT2D eigenvalue weighted by Crippen LogP contribution is -2.18. The van der Waals surface area contributed by atoms with Gasteiger partial charge >= 0.3 is 0 Å². The van der Waals surface area contributed by atoms with Crippen LogP contribution in [0.4, 0.5) is 11.4 Å². The van der Waals surface area contributed by atoms with Gasteiger partial charge in [-0.1, -0.05) is 29.3 Å². The predicted octanol–water partition coefficient (Wildman–Crippen LogP) is 4.83. The Balaban J connectivity index is 2.37. The van der Waals surface area contributed by atoms with Crippen molar-refractivity contribution in [2.75, 3.05) is 17.3 Å². The summed E-state index contributed by atoms with van der Waals surface area (Å²) in [7, 11) is 0. The minimum Gasteiger partial charge on any atom is -0.398 e. The summed E-state index contributed by atoms with van der Waals surface area (Å²) in [4.78, 5) is 0. The molecule has 3 nitrogen and oxygen atoms in total. The molecule has 0 saturated heterocycles. The Morgan fingerprint density at radius 1 is 1.14 bits per heavy atom.